The Morgan fingerprint density at radius 1 is 1.47 bits per heavy atom. The second kappa shape index (κ2) is 5.23. The molecule has 0 aromatic heterocycles. The summed E-state index contributed by atoms with van der Waals surface area (Å²) in [5, 5.41) is 8.41. The monoisotopic (exact) mass is 241 g/mol. The number of nitrogens with zero attached hydrogens (tertiary/aromatic N) is 1. The second-order valence-electron chi connectivity index (χ2n) is 3.07. The van der Waals surface area contributed by atoms with Gasteiger partial charge in [-0.05, 0) is 17.7 Å². The van der Waals surface area contributed by atoms with Gasteiger partial charge in [0.1, 0.15) is 5.75 Å². The highest BCUT2D eigenvalue weighted by atomic mass is 19.3. The van der Waals surface area contributed by atoms with Crippen molar-refractivity contribution < 1.29 is 18.3 Å². The van der Waals surface area contributed by atoms with Crippen molar-refractivity contribution in [1.82, 2.24) is 5.43 Å². The van der Waals surface area contributed by atoms with Crippen LogP contribution in [0.3, 0.4) is 0 Å². The molecule has 5 nitrogen and oxygen atoms in total. The number of alkyl halides is 2. The number of amides is 1. The summed E-state index contributed by atoms with van der Waals surface area (Å²) < 4.78 is 30.2. The first-order chi connectivity index (χ1) is 7.99. The van der Waals surface area contributed by atoms with E-state index in [4.69, 9.17) is 5.26 Å². The lowest BCUT2D eigenvalue weighted by Crippen LogP contribution is -2.47. The number of nitrogens with two attached hydrogens (primary N) is 1. The number of carbonyl (C=O) groups excluding carboxylic acids is 1. The third kappa shape index (κ3) is 3.39. The molecule has 1 aromatic carbocycles. The number of hydrogen-bond donors (Lipinski definition) is 2. The molecule has 0 radical (unpaired) electrons. The molecule has 1 amide bonds. The summed E-state index contributed by atoms with van der Waals surface area (Å²) >= 11 is 0. The van der Waals surface area contributed by atoms with Crippen molar-refractivity contribution in [3.8, 4) is 11.8 Å². The van der Waals surface area contributed by atoms with E-state index < -0.39 is 12.0 Å². The Labute approximate surface area is 95.7 Å². The van der Waals surface area contributed by atoms with Crippen molar-refractivity contribution in [1.29, 1.82) is 5.26 Å². The SMILES string of the molecule is N#CCc1ccc(OC(F)(F)C(=O)NN)cc1. The van der Waals surface area contributed by atoms with Crippen molar-refractivity contribution in [2.24, 2.45) is 5.84 Å². The van der Waals surface area contributed by atoms with Crippen molar-refractivity contribution in [2.45, 2.75) is 12.5 Å². The van der Waals surface area contributed by atoms with Gasteiger partial charge < -0.3 is 4.74 Å². The van der Waals surface area contributed by atoms with Gasteiger partial charge in [-0.1, -0.05) is 12.1 Å². The van der Waals surface area contributed by atoms with Crippen molar-refractivity contribution in [3.05, 3.63) is 29.8 Å². The molecule has 0 atom stereocenters. The van der Waals surface area contributed by atoms with Gasteiger partial charge in [0.15, 0.2) is 0 Å². The van der Waals surface area contributed by atoms with Crippen molar-refractivity contribution >= 4 is 5.91 Å². The molecule has 0 spiro atoms. The highest BCUT2D eigenvalue weighted by Gasteiger charge is 2.41. The molecule has 0 aliphatic carbocycles. The van der Waals surface area contributed by atoms with E-state index in [0.29, 0.717) is 5.56 Å². The molecule has 17 heavy (non-hydrogen) atoms. The van der Waals surface area contributed by atoms with Crippen molar-refractivity contribution in [3.63, 3.8) is 0 Å². The molecule has 1 aromatic rings. The van der Waals surface area contributed by atoms with Crippen LogP contribution >= 0.6 is 0 Å². The minimum atomic E-state index is -4.04. The van der Waals surface area contributed by atoms with Crippen LogP contribution in [-0.2, 0) is 11.2 Å². The van der Waals surface area contributed by atoms with Gasteiger partial charge in [0.05, 0.1) is 12.5 Å². The van der Waals surface area contributed by atoms with Crippen LogP contribution < -0.4 is 16.0 Å². The fourth-order valence-corrected chi connectivity index (χ4v) is 1.05. The van der Waals surface area contributed by atoms with Gasteiger partial charge in [-0.15, -0.1) is 0 Å². The van der Waals surface area contributed by atoms with Crippen LogP contribution in [0.5, 0.6) is 5.75 Å². The van der Waals surface area contributed by atoms with Crippen LogP contribution in [0.25, 0.3) is 0 Å². The zero-order valence-electron chi connectivity index (χ0n) is 8.61. The van der Waals surface area contributed by atoms with Crippen LogP contribution in [0.15, 0.2) is 24.3 Å². The predicted octanol–water partition coefficient (Wildman–Crippen LogP) is 0.714. The minimum absolute atomic E-state index is 0.167. The Morgan fingerprint density at radius 3 is 2.53 bits per heavy atom. The molecule has 0 aliphatic rings. The second-order valence-corrected chi connectivity index (χ2v) is 3.07. The van der Waals surface area contributed by atoms with Crippen LogP contribution in [0.2, 0.25) is 0 Å². The summed E-state index contributed by atoms with van der Waals surface area (Å²) in [6.07, 6.45) is -3.87. The molecule has 0 heterocycles. The number of nitrogens with one attached hydrogen (secondary N) is 1. The summed E-state index contributed by atoms with van der Waals surface area (Å²) in [6.45, 7) is 0. The van der Waals surface area contributed by atoms with Gasteiger partial charge >= 0.3 is 12.0 Å². The molecule has 90 valence electrons. The van der Waals surface area contributed by atoms with Gasteiger partial charge in [-0.3, -0.25) is 10.2 Å². The smallest absolute Gasteiger partial charge is 0.425 e. The fraction of sp³-hybridized carbons (Fsp3) is 0.200. The molecule has 0 saturated carbocycles. The van der Waals surface area contributed by atoms with Crippen LogP contribution in [0.1, 0.15) is 5.56 Å². The zero-order chi connectivity index (χ0) is 12.9. The largest absolute Gasteiger partial charge is 0.483 e. The number of hydrogen-bond acceptors (Lipinski definition) is 4. The first-order valence-corrected chi connectivity index (χ1v) is 4.53. The fourth-order valence-electron chi connectivity index (χ4n) is 1.05. The van der Waals surface area contributed by atoms with E-state index in [-0.39, 0.29) is 12.2 Å². The molecular formula is C10H9F2N3O2. The van der Waals surface area contributed by atoms with Crippen molar-refractivity contribution in [2.75, 3.05) is 0 Å². The van der Waals surface area contributed by atoms with E-state index in [2.05, 4.69) is 10.6 Å². The lowest BCUT2D eigenvalue weighted by atomic mass is 10.2. The molecule has 3 N–H and O–H groups in total. The summed E-state index contributed by atoms with van der Waals surface area (Å²) in [5.74, 6) is 2.65. The topological polar surface area (TPSA) is 88.1 Å². The summed E-state index contributed by atoms with van der Waals surface area (Å²) in [7, 11) is 0. The standard InChI is InChI=1S/C10H9F2N3O2/c11-10(12,9(16)15-14)17-8-3-1-7(2-4-8)5-6-13/h1-4H,5,14H2,(H,15,16). The quantitative estimate of drug-likeness (QED) is 0.461. The zero-order valence-corrected chi connectivity index (χ0v) is 8.61. The van der Waals surface area contributed by atoms with Gasteiger partial charge in [0.2, 0.25) is 0 Å². The number of halogens is 2. The maximum Gasteiger partial charge on any atom is 0.483 e. The number of hydrazine groups is 1. The van der Waals surface area contributed by atoms with Gasteiger partial charge in [0, 0.05) is 0 Å². The molecule has 7 heteroatoms. The number of benzene rings is 1. The summed E-state index contributed by atoms with van der Waals surface area (Å²) in [4.78, 5) is 10.7. The summed E-state index contributed by atoms with van der Waals surface area (Å²) in [6, 6.07) is 7.30. The Kier molecular flexibility index (Phi) is 3.96. The average molecular weight is 241 g/mol. The molecule has 0 saturated heterocycles. The first-order valence-electron chi connectivity index (χ1n) is 4.53. The molecule has 0 unspecified atom stereocenters. The lowest BCUT2D eigenvalue weighted by molar-refractivity contribution is -0.192. The van der Waals surface area contributed by atoms with Crippen LogP contribution in [0.4, 0.5) is 8.78 Å². The number of rotatable bonds is 4. The maximum absolute atomic E-state index is 13.0. The van der Waals surface area contributed by atoms with E-state index in [0.717, 1.165) is 0 Å². The van der Waals surface area contributed by atoms with E-state index in [1.165, 1.54) is 29.7 Å². The molecular weight excluding hydrogens is 232 g/mol. The number of carbonyl (C=O) groups is 1. The lowest BCUT2D eigenvalue weighted by Gasteiger charge is -2.15. The average Bonchev–Trinajstić information content (AvgIpc) is 2.30. The highest BCUT2D eigenvalue weighted by molar-refractivity contribution is 5.81. The van der Waals surface area contributed by atoms with Crippen LogP contribution in [0, 0.1) is 11.3 Å². The molecule has 0 aliphatic heterocycles. The number of nitriles is 1. The normalized spacial score (nSPS) is 10.5. The van der Waals surface area contributed by atoms with Gasteiger partial charge in [0.25, 0.3) is 0 Å². The third-order valence-corrected chi connectivity index (χ3v) is 1.85. The Hall–Kier alpha value is -2.20. The molecule has 0 fully saturated rings. The highest BCUT2D eigenvalue weighted by Crippen LogP contribution is 2.22. The van der Waals surface area contributed by atoms with E-state index >= 15 is 0 Å². The van der Waals surface area contributed by atoms with E-state index in [9.17, 15) is 13.6 Å². The third-order valence-electron chi connectivity index (χ3n) is 1.85. The van der Waals surface area contributed by atoms with Crippen LogP contribution in [-0.4, -0.2) is 12.0 Å². The summed E-state index contributed by atoms with van der Waals surface area (Å²) in [5.41, 5.74) is 1.96. The molecule has 1 rings (SSSR count). The Balaban J connectivity index is 2.76. The number of ether oxygens (including phenoxy) is 1. The minimum Gasteiger partial charge on any atom is -0.425 e. The van der Waals surface area contributed by atoms with E-state index in [1.807, 2.05) is 6.07 Å². The predicted molar refractivity (Wildman–Crippen MR) is 53.7 cm³/mol. The maximum atomic E-state index is 13.0. The van der Waals surface area contributed by atoms with E-state index in [1.54, 1.807) is 0 Å². The Morgan fingerprint density at radius 2 is 2.06 bits per heavy atom. The molecule has 0 bridgehead atoms. The van der Waals surface area contributed by atoms with Gasteiger partial charge in [-0.2, -0.15) is 14.0 Å². The first kappa shape index (κ1) is 12.9. The van der Waals surface area contributed by atoms with Gasteiger partial charge in [-0.25, -0.2) is 5.84 Å². The Bertz CT molecular complexity index is 440.